The van der Waals surface area contributed by atoms with E-state index in [4.69, 9.17) is 5.26 Å². The monoisotopic (exact) mass is 114 g/mol. The zero-order chi connectivity index (χ0) is 6.53. The summed E-state index contributed by atoms with van der Waals surface area (Å²) in [6.45, 7) is 0. The minimum absolute atomic E-state index is 0.958. The van der Waals surface area contributed by atoms with Gasteiger partial charge in [-0.3, -0.25) is 10.7 Å². The predicted molar refractivity (Wildman–Crippen MR) is 37.4 cm³/mol. The molecule has 9 heavy (non-hydrogen) atoms. The molecule has 0 bridgehead atoms. The van der Waals surface area contributed by atoms with E-state index >= 15 is 0 Å². The van der Waals surface area contributed by atoms with Gasteiger partial charge < -0.3 is 0 Å². The fourth-order valence-corrected chi connectivity index (χ4v) is 0.624. The van der Waals surface area contributed by atoms with Crippen LogP contribution in [0.1, 0.15) is 0 Å². The predicted octanol–water partition coefficient (Wildman–Crippen LogP) is 0.497. The van der Waals surface area contributed by atoms with Crippen molar-refractivity contribution in [1.82, 2.24) is 0 Å². The molecule has 0 aliphatic rings. The Hall–Kier alpha value is -1.23. The lowest BCUT2D eigenvalue weighted by atomic mass is 9.73. The van der Waals surface area contributed by atoms with E-state index in [0.717, 1.165) is 5.46 Å². The van der Waals surface area contributed by atoms with E-state index in [1.54, 1.807) is 0 Å². The number of rotatable bonds is 1. The Bertz CT molecular complexity index is 212. The quantitative estimate of drug-likeness (QED) is 0.487. The van der Waals surface area contributed by atoms with Crippen LogP contribution in [0.25, 0.3) is 0 Å². The van der Waals surface area contributed by atoms with E-state index in [-0.39, 0.29) is 0 Å². The van der Waals surface area contributed by atoms with Gasteiger partial charge in [0.25, 0.3) is 0 Å². The molecule has 1 nitrogen and oxygen atoms in total. The Morgan fingerprint density at radius 1 is 1.22 bits per heavy atom. The highest BCUT2D eigenvalue weighted by molar-refractivity contribution is 6.60. The van der Waals surface area contributed by atoms with Gasteiger partial charge in [0.15, 0.2) is 0 Å². The van der Waals surface area contributed by atoms with Crippen LogP contribution in [0.2, 0.25) is 0 Å². The minimum atomic E-state index is 0.958. The van der Waals surface area contributed by atoms with Crippen LogP contribution < -0.4 is 5.46 Å². The number of hydrogen-bond donors (Lipinski definition) is 0. The molecule has 0 spiro atoms. The van der Waals surface area contributed by atoms with Crippen molar-refractivity contribution in [3.63, 3.8) is 0 Å². The topological polar surface area (TPSA) is 23.8 Å². The first kappa shape index (κ1) is 5.90. The van der Waals surface area contributed by atoms with Crippen molar-refractivity contribution < 1.29 is 0 Å². The zero-order valence-corrected chi connectivity index (χ0v) is 4.91. The molecule has 0 aliphatic carbocycles. The number of nitrogens with zero attached hydrogens (tertiary/aromatic N) is 1. The lowest BCUT2D eigenvalue weighted by Crippen LogP contribution is -2.10. The third-order valence-corrected chi connectivity index (χ3v) is 1.03. The number of benzene rings is 1. The van der Waals surface area contributed by atoms with Gasteiger partial charge >= 0.3 is 0 Å². The molecule has 0 atom stereocenters. The van der Waals surface area contributed by atoms with Crippen molar-refractivity contribution in [1.29, 1.82) is 5.26 Å². The van der Waals surface area contributed by atoms with E-state index in [1.165, 1.54) is 7.28 Å². The summed E-state index contributed by atoms with van der Waals surface area (Å²) in [6.07, 6.45) is 0. The molecule has 0 aromatic heterocycles. The van der Waals surface area contributed by atoms with Gasteiger partial charge in [-0.05, 0) is 0 Å². The molecule has 1 rings (SSSR count). The molecule has 0 amide bonds. The van der Waals surface area contributed by atoms with Crippen LogP contribution in [-0.2, 0) is 0 Å². The van der Waals surface area contributed by atoms with Crippen LogP contribution in [0.3, 0.4) is 0 Å². The summed E-state index contributed by atoms with van der Waals surface area (Å²) in [4.78, 5) is 0. The van der Waals surface area contributed by atoms with E-state index in [9.17, 15) is 0 Å². The third kappa shape index (κ3) is 1.62. The highest BCUT2D eigenvalue weighted by atomic mass is 14.2. The molecule has 0 fully saturated rings. The Balaban J connectivity index is 2.76. The lowest BCUT2D eigenvalue weighted by Gasteiger charge is -2.02. The molecular weight excluding hydrogens is 109 g/mol. The fraction of sp³-hybridized carbons (Fsp3) is 0. The normalized spacial score (nSPS) is 8.33. The minimum Gasteiger partial charge on any atom is -0.264 e. The molecule has 0 aliphatic heterocycles. The van der Waals surface area contributed by atoms with E-state index < -0.39 is 0 Å². The van der Waals surface area contributed by atoms with Gasteiger partial charge in [-0.1, -0.05) is 18.2 Å². The molecule has 0 saturated carbocycles. The summed E-state index contributed by atoms with van der Waals surface area (Å²) >= 11 is 0. The van der Waals surface area contributed by atoms with Crippen molar-refractivity contribution >= 4 is 12.7 Å². The van der Waals surface area contributed by atoms with Crippen LogP contribution in [-0.4, -0.2) is 7.28 Å². The Morgan fingerprint density at radius 2 is 1.89 bits per heavy atom. The molecule has 2 heteroatoms. The summed E-state index contributed by atoms with van der Waals surface area (Å²) < 4.78 is 0. The molecule has 0 N–H and O–H groups in total. The maximum absolute atomic E-state index is 8.21. The first-order valence-electron chi connectivity index (χ1n) is 2.71. The van der Waals surface area contributed by atoms with E-state index in [1.807, 2.05) is 36.3 Å². The molecular formula is C7H5BN-. The van der Waals surface area contributed by atoms with Crippen LogP contribution in [0.15, 0.2) is 30.3 Å². The summed E-state index contributed by atoms with van der Waals surface area (Å²) in [7, 11) is 1.51. The van der Waals surface area contributed by atoms with E-state index in [2.05, 4.69) is 0 Å². The maximum atomic E-state index is 8.21. The fourth-order valence-electron chi connectivity index (χ4n) is 0.624. The van der Waals surface area contributed by atoms with Gasteiger partial charge in [0.2, 0.25) is 0 Å². The Labute approximate surface area is 55.2 Å². The molecule has 0 saturated heterocycles. The summed E-state index contributed by atoms with van der Waals surface area (Å²) in [5.74, 6) is 1.96. The van der Waals surface area contributed by atoms with Gasteiger partial charge in [-0.2, -0.15) is 7.28 Å². The third-order valence-electron chi connectivity index (χ3n) is 1.03. The van der Waals surface area contributed by atoms with Crippen LogP contribution in [0, 0.1) is 11.2 Å². The average molecular weight is 114 g/mol. The average Bonchev–Trinajstić information content (AvgIpc) is 1.91. The van der Waals surface area contributed by atoms with Gasteiger partial charge in [-0.15, -0.1) is 12.1 Å². The zero-order valence-electron chi connectivity index (χ0n) is 4.91. The highest BCUT2D eigenvalue weighted by Crippen LogP contribution is 1.79. The second-order valence-electron chi connectivity index (χ2n) is 1.68. The highest BCUT2D eigenvalue weighted by Gasteiger charge is 1.70. The molecule has 42 valence electrons. The van der Waals surface area contributed by atoms with Crippen LogP contribution >= 0.6 is 0 Å². The maximum Gasteiger partial charge on any atom is -0.0625 e. The Morgan fingerprint density at radius 3 is 2.44 bits per heavy atom. The number of nitriles is 1. The second-order valence-corrected chi connectivity index (χ2v) is 1.68. The van der Waals surface area contributed by atoms with Gasteiger partial charge in [0.05, 0.1) is 0 Å². The standard InChI is InChI=1S/C7H5BN/c9-6-8-7-4-2-1-3-5-7/h1-5H/q-1. The SMILES string of the molecule is N#C[B-]c1ccccc1. The van der Waals surface area contributed by atoms with Gasteiger partial charge in [-0.25, -0.2) is 5.97 Å². The molecule has 1 aromatic carbocycles. The van der Waals surface area contributed by atoms with Gasteiger partial charge in [0, 0.05) is 0 Å². The smallest absolute Gasteiger partial charge is 0.0625 e. The van der Waals surface area contributed by atoms with Crippen molar-refractivity contribution in [2.24, 2.45) is 0 Å². The van der Waals surface area contributed by atoms with E-state index in [0.29, 0.717) is 0 Å². The van der Waals surface area contributed by atoms with Crippen LogP contribution in [0.5, 0.6) is 0 Å². The van der Waals surface area contributed by atoms with Crippen molar-refractivity contribution in [3.05, 3.63) is 30.3 Å². The summed E-state index contributed by atoms with van der Waals surface area (Å²) in [5.41, 5.74) is 0.958. The molecule has 0 heterocycles. The second kappa shape index (κ2) is 2.93. The summed E-state index contributed by atoms with van der Waals surface area (Å²) in [5, 5.41) is 8.21. The van der Waals surface area contributed by atoms with Crippen molar-refractivity contribution in [2.45, 2.75) is 0 Å². The van der Waals surface area contributed by atoms with Crippen LogP contribution in [0.4, 0.5) is 0 Å². The lowest BCUT2D eigenvalue weighted by molar-refractivity contribution is 1.56. The molecule has 0 unspecified atom stereocenters. The van der Waals surface area contributed by atoms with Crippen molar-refractivity contribution in [3.8, 4) is 5.97 Å². The first-order chi connectivity index (χ1) is 4.43. The Kier molecular flexibility index (Phi) is 1.92. The van der Waals surface area contributed by atoms with Crippen molar-refractivity contribution in [2.75, 3.05) is 0 Å². The van der Waals surface area contributed by atoms with Gasteiger partial charge in [0.1, 0.15) is 0 Å². The summed E-state index contributed by atoms with van der Waals surface area (Å²) in [6, 6.07) is 9.52. The number of hydrogen-bond acceptors (Lipinski definition) is 1. The molecule has 1 aromatic rings. The first-order valence-corrected chi connectivity index (χ1v) is 2.71. The largest absolute Gasteiger partial charge is 0.264 e. The molecule has 2 radical (unpaired) electrons.